The van der Waals surface area contributed by atoms with Crippen LogP contribution in [0.15, 0.2) is 27.6 Å². The minimum Gasteiger partial charge on any atom is -0.508 e. The van der Waals surface area contributed by atoms with Crippen molar-refractivity contribution in [3.63, 3.8) is 0 Å². The summed E-state index contributed by atoms with van der Waals surface area (Å²) in [6, 6.07) is 2.44. The Morgan fingerprint density at radius 2 is 1.80 bits per heavy atom. The van der Waals surface area contributed by atoms with Crippen molar-refractivity contribution in [1.29, 1.82) is 0 Å². The van der Waals surface area contributed by atoms with Gasteiger partial charge in [0, 0.05) is 17.7 Å². The van der Waals surface area contributed by atoms with Crippen LogP contribution in [0.5, 0.6) is 11.5 Å². The summed E-state index contributed by atoms with van der Waals surface area (Å²) in [6.07, 6.45) is 3.93. The molecule has 2 aromatic rings. The van der Waals surface area contributed by atoms with E-state index < -0.39 is 0 Å². The van der Waals surface area contributed by atoms with E-state index in [0.29, 0.717) is 18.4 Å². The van der Waals surface area contributed by atoms with Gasteiger partial charge >= 0.3 is 0 Å². The molecule has 0 unspecified atom stereocenters. The van der Waals surface area contributed by atoms with Crippen molar-refractivity contribution in [3.05, 3.63) is 34.2 Å². The van der Waals surface area contributed by atoms with Gasteiger partial charge in [-0.1, -0.05) is 0 Å². The SMILES string of the molecule is O=c1c(C2CCC(O)CC2)coc2cc(O)cc(O)c12. The van der Waals surface area contributed by atoms with Gasteiger partial charge in [0.1, 0.15) is 22.5 Å². The Hall–Kier alpha value is -2.01. The van der Waals surface area contributed by atoms with E-state index in [1.165, 1.54) is 12.3 Å². The van der Waals surface area contributed by atoms with Crippen LogP contribution in [0, 0.1) is 0 Å². The molecule has 1 fully saturated rings. The first-order chi connectivity index (χ1) is 9.56. The van der Waals surface area contributed by atoms with Gasteiger partial charge < -0.3 is 19.7 Å². The van der Waals surface area contributed by atoms with Crippen LogP contribution in [0.3, 0.4) is 0 Å². The largest absolute Gasteiger partial charge is 0.508 e. The summed E-state index contributed by atoms with van der Waals surface area (Å²) in [5, 5.41) is 28.9. The van der Waals surface area contributed by atoms with E-state index in [2.05, 4.69) is 0 Å². The molecule has 1 aromatic carbocycles. The second kappa shape index (κ2) is 4.83. The smallest absolute Gasteiger partial charge is 0.199 e. The van der Waals surface area contributed by atoms with Crippen LogP contribution in [-0.2, 0) is 0 Å². The molecule has 0 radical (unpaired) electrons. The molecule has 0 atom stereocenters. The molecule has 0 spiro atoms. The Balaban J connectivity index is 2.10. The number of aromatic hydroxyl groups is 2. The molecular formula is C15H16O5. The summed E-state index contributed by atoms with van der Waals surface area (Å²) in [5.41, 5.74) is 0.447. The van der Waals surface area contributed by atoms with Gasteiger partial charge in [-0.2, -0.15) is 0 Å². The van der Waals surface area contributed by atoms with Crippen LogP contribution in [0.2, 0.25) is 0 Å². The number of hydrogen-bond donors (Lipinski definition) is 3. The van der Waals surface area contributed by atoms with Gasteiger partial charge in [-0.25, -0.2) is 0 Å². The second-order valence-corrected chi connectivity index (χ2v) is 5.36. The summed E-state index contributed by atoms with van der Waals surface area (Å²) < 4.78 is 5.38. The zero-order valence-corrected chi connectivity index (χ0v) is 10.9. The molecule has 20 heavy (non-hydrogen) atoms. The number of hydrogen-bond acceptors (Lipinski definition) is 5. The van der Waals surface area contributed by atoms with E-state index >= 15 is 0 Å². The molecule has 0 aliphatic heterocycles. The van der Waals surface area contributed by atoms with Crippen LogP contribution < -0.4 is 5.43 Å². The average Bonchev–Trinajstić information content (AvgIpc) is 2.39. The Morgan fingerprint density at radius 1 is 1.10 bits per heavy atom. The Morgan fingerprint density at radius 3 is 2.50 bits per heavy atom. The molecule has 1 aliphatic rings. The topological polar surface area (TPSA) is 90.9 Å². The van der Waals surface area contributed by atoms with Gasteiger partial charge in [-0.15, -0.1) is 0 Å². The zero-order valence-electron chi connectivity index (χ0n) is 10.9. The standard InChI is InChI=1S/C15H16O5/c16-9-3-1-8(2-4-9)11-7-20-13-6-10(17)5-12(18)14(13)15(11)19/h5-9,16-18H,1-4H2. The number of aliphatic hydroxyl groups excluding tert-OH is 1. The molecule has 1 aromatic heterocycles. The highest BCUT2D eigenvalue weighted by atomic mass is 16.3. The fourth-order valence-corrected chi connectivity index (χ4v) is 2.90. The van der Waals surface area contributed by atoms with Crippen LogP contribution in [0.1, 0.15) is 37.2 Å². The lowest BCUT2D eigenvalue weighted by Gasteiger charge is -2.24. The number of phenolic OH excluding ortho intramolecular Hbond substituents is 2. The summed E-state index contributed by atoms with van der Waals surface area (Å²) in [6.45, 7) is 0. The number of phenols is 2. The van der Waals surface area contributed by atoms with E-state index in [9.17, 15) is 20.1 Å². The average molecular weight is 276 g/mol. The van der Waals surface area contributed by atoms with Crippen molar-refractivity contribution in [3.8, 4) is 11.5 Å². The first kappa shape index (κ1) is 13.0. The van der Waals surface area contributed by atoms with Crippen molar-refractivity contribution in [2.24, 2.45) is 0 Å². The van der Waals surface area contributed by atoms with E-state index in [-0.39, 0.29) is 39.9 Å². The molecular weight excluding hydrogens is 260 g/mol. The lowest BCUT2D eigenvalue weighted by molar-refractivity contribution is 0.122. The third-order valence-corrected chi connectivity index (χ3v) is 4.00. The summed E-state index contributed by atoms with van der Waals surface area (Å²) in [4.78, 5) is 12.5. The van der Waals surface area contributed by atoms with E-state index in [1.54, 1.807) is 0 Å². The highest BCUT2D eigenvalue weighted by molar-refractivity contribution is 5.85. The van der Waals surface area contributed by atoms with Crippen molar-refractivity contribution in [2.45, 2.75) is 37.7 Å². The summed E-state index contributed by atoms with van der Waals surface area (Å²) >= 11 is 0. The van der Waals surface area contributed by atoms with E-state index in [4.69, 9.17) is 4.42 Å². The minimum absolute atomic E-state index is 0.0484. The highest BCUT2D eigenvalue weighted by Gasteiger charge is 2.24. The van der Waals surface area contributed by atoms with Crippen LogP contribution in [0.25, 0.3) is 11.0 Å². The maximum Gasteiger partial charge on any atom is 0.199 e. The van der Waals surface area contributed by atoms with E-state index in [0.717, 1.165) is 18.9 Å². The maximum atomic E-state index is 12.5. The number of rotatable bonds is 1. The van der Waals surface area contributed by atoms with Crippen LogP contribution in [0.4, 0.5) is 0 Å². The van der Waals surface area contributed by atoms with Gasteiger partial charge in [0.25, 0.3) is 0 Å². The van der Waals surface area contributed by atoms with Gasteiger partial charge in [0.05, 0.1) is 12.4 Å². The van der Waals surface area contributed by atoms with Crippen molar-refractivity contribution in [2.75, 3.05) is 0 Å². The number of benzene rings is 1. The molecule has 0 bridgehead atoms. The molecule has 106 valence electrons. The lowest BCUT2D eigenvalue weighted by atomic mass is 9.83. The first-order valence-electron chi connectivity index (χ1n) is 6.71. The number of aliphatic hydroxyl groups is 1. The normalized spacial score (nSPS) is 23.1. The van der Waals surface area contributed by atoms with Crippen molar-refractivity contribution < 1.29 is 19.7 Å². The third kappa shape index (κ3) is 2.14. The second-order valence-electron chi connectivity index (χ2n) is 5.36. The van der Waals surface area contributed by atoms with Crippen LogP contribution >= 0.6 is 0 Å². The maximum absolute atomic E-state index is 12.5. The lowest BCUT2D eigenvalue weighted by Crippen LogP contribution is -2.21. The highest BCUT2D eigenvalue weighted by Crippen LogP contribution is 2.34. The monoisotopic (exact) mass is 276 g/mol. The molecule has 1 saturated carbocycles. The molecule has 0 amide bonds. The van der Waals surface area contributed by atoms with Crippen LogP contribution in [-0.4, -0.2) is 21.4 Å². The molecule has 5 nitrogen and oxygen atoms in total. The fourth-order valence-electron chi connectivity index (χ4n) is 2.90. The van der Waals surface area contributed by atoms with Gasteiger partial charge in [0.2, 0.25) is 0 Å². The Labute approximate surface area is 115 Å². The van der Waals surface area contributed by atoms with Gasteiger partial charge in [-0.3, -0.25) is 4.79 Å². The quantitative estimate of drug-likeness (QED) is 0.743. The Bertz CT molecular complexity index is 695. The van der Waals surface area contributed by atoms with Crippen molar-refractivity contribution in [1.82, 2.24) is 0 Å². The van der Waals surface area contributed by atoms with E-state index in [1.807, 2.05) is 0 Å². The van der Waals surface area contributed by atoms with Crippen molar-refractivity contribution >= 4 is 11.0 Å². The molecule has 0 saturated heterocycles. The summed E-state index contributed by atoms with van der Waals surface area (Å²) in [7, 11) is 0. The Kier molecular flexibility index (Phi) is 3.14. The molecule has 5 heteroatoms. The molecule has 3 N–H and O–H groups in total. The summed E-state index contributed by atoms with van der Waals surface area (Å²) in [5.74, 6) is -0.370. The predicted molar refractivity (Wildman–Crippen MR) is 73.0 cm³/mol. The van der Waals surface area contributed by atoms with Gasteiger partial charge in [0.15, 0.2) is 5.43 Å². The molecule has 1 aliphatic carbocycles. The van der Waals surface area contributed by atoms with Gasteiger partial charge in [-0.05, 0) is 31.6 Å². The minimum atomic E-state index is -0.288. The molecule has 1 heterocycles. The number of fused-ring (bicyclic) bond motifs is 1. The fraction of sp³-hybridized carbons (Fsp3) is 0.400. The third-order valence-electron chi connectivity index (χ3n) is 4.00. The predicted octanol–water partition coefficient (Wildman–Crippen LogP) is 2.22. The molecule has 3 rings (SSSR count). The zero-order chi connectivity index (χ0) is 14.3. The first-order valence-corrected chi connectivity index (χ1v) is 6.71.